The maximum absolute atomic E-state index is 10.7. The predicted octanol–water partition coefficient (Wildman–Crippen LogP) is -7.19. The first-order valence-electron chi connectivity index (χ1n) is 5.39. The second-order valence-corrected chi connectivity index (χ2v) is 4.16. The van der Waals surface area contributed by atoms with Gasteiger partial charge < -0.3 is 50.7 Å². The zero-order chi connectivity index (χ0) is 15.9. The number of hydrogen-bond acceptors (Lipinski definition) is 10. The van der Waals surface area contributed by atoms with Gasteiger partial charge in [0.05, 0.1) is 5.97 Å². The van der Waals surface area contributed by atoms with E-state index in [9.17, 15) is 39.6 Å². The molecule has 0 aliphatic carbocycles. The monoisotopic (exact) mass is 398 g/mol. The van der Waals surface area contributed by atoms with Gasteiger partial charge in [0.1, 0.15) is 0 Å². The molecule has 0 fully saturated rings. The number of nitrogens with one attached hydrogen (secondary N) is 1. The molecule has 0 aromatic rings. The molecule has 12 heteroatoms. The molecule has 0 aliphatic heterocycles. The van der Waals surface area contributed by atoms with E-state index in [1.807, 2.05) is 0 Å². The molecule has 0 aromatic carbocycles. The van der Waals surface area contributed by atoms with Crippen LogP contribution in [0.4, 0.5) is 0 Å². The molecule has 1 atom stereocenters. The van der Waals surface area contributed by atoms with Crippen LogP contribution < -0.4 is 31.5 Å². The second kappa shape index (κ2) is 11.4. The number of carboxylic acid groups (broad SMARTS) is 4. The van der Waals surface area contributed by atoms with Gasteiger partial charge in [0.25, 0.3) is 0 Å². The minimum Gasteiger partial charge on any atom is -0.550 e. The number of carbonyl (C=O) groups is 4. The molecule has 0 bridgehead atoms. The fourth-order valence-corrected chi connectivity index (χ4v) is 1.72. The van der Waals surface area contributed by atoms with E-state index in [0.717, 1.165) is 0 Å². The fraction of sp³-hybridized carbons (Fsp3) is 0.600. The summed E-state index contributed by atoms with van der Waals surface area (Å²) in [5.74, 6) is -6.81. The Kier molecular flexibility index (Phi) is 13.4. The van der Waals surface area contributed by atoms with Gasteiger partial charge in [-0.25, -0.2) is 0 Å². The van der Waals surface area contributed by atoms with Crippen molar-refractivity contribution in [2.75, 3.05) is 6.54 Å². The van der Waals surface area contributed by atoms with E-state index < -0.39 is 61.3 Å². The van der Waals surface area contributed by atoms with Gasteiger partial charge in [0.15, 0.2) is 0 Å². The molecule has 0 amide bonds. The van der Waals surface area contributed by atoms with Crippen molar-refractivity contribution in [3.05, 3.63) is 0 Å². The van der Waals surface area contributed by atoms with E-state index >= 15 is 0 Å². The summed E-state index contributed by atoms with van der Waals surface area (Å²) in [6.07, 6.45) is -2.94. The molecular formula is C10H12Mn2N2O8. The summed E-state index contributed by atoms with van der Waals surface area (Å²) in [5.41, 5.74) is 3.39. The summed E-state index contributed by atoms with van der Waals surface area (Å²) in [7, 11) is 0. The van der Waals surface area contributed by atoms with E-state index in [4.69, 9.17) is 5.73 Å². The topological polar surface area (TPSA) is 199 Å². The third-order valence-electron chi connectivity index (χ3n) is 2.60. The van der Waals surface area contributed by atoms with Gasteiger partial charge in [0.2, 0.25) is 0 Å². The summed E-state index contributed by atoms with van der Waals surface area (Å²) in [6, 6.07) is -1.55. The van der Waals surface area contributed by atoms with Crippen molar-refractivity contribution in [1.29, 1.82) is 0 Å². The third-order valence-corrected chi connectivity index (χ3v) is 2.60. The fourth-order valence-electron chi connectivity index (χ4n) is 1.72. The van der Waals surface area contributed by atoms with E-state index in [-0.39, 0.29) is 34.1 Å². The number of carbonyl (C=O) groups excluding carboxylic acids is 4. The van der Waals surface area contributed by atoms with Crippen molar-refractivity contribution in [2.24, 2.45) is 5.73 Å². The molecular weight excluding hydrogens is 386 g/mol. The molecule has 0 saturated carbocycles. The maximum Gasteiger partial charge on any atom is 2.00 e. The number of nitrogens with two attached hydrogens (primary N) is 1. The van der Waals surface area contributed by atoms with Crippen molar-refractivity contribution < 1.29 is 73.7 Å². The van der Waals surface area contributed by atoms with E-state index in [1.165, 1.54) is 0 Å². The number of rotatable bonds is 10. The molecule has 0 rings (SSSR count). The largest absolute Gasteiger partial charge is 2.00 e. The van der Waals surface area contributed by atoms with E-state index in [2.05, 4.69) is 5.32 Å². The minimum absolute atomic E-state index is 0. The average Bonchev–Trinajstić information content (AvgIpc) is 2.23. The Hall–Kier alpha value is -1.16. The van der Waals surface area contributed by atoms with Crippen LogP contribution in [0.5, 0.6) is 0 Å². The zero-order valence-corrected chi connectivity index (χ0v) is 13.4. The number of aliphatic carboxylic acids is 4. The first kappa shape index (κ1) is 25.8. The first-order valence-corrected chi connectivity index (χ1v) is 5.39. The van der Waals surface area contributed by atoms with Crippen LogP contribution in [0.15, 0.2) is 0 Å². The van der Waals surface area contributed by atoms with Crippen LogP contribution in [-0.2, 0) is 53.3 Å². The summed E-state index contributed by atoms with van der Waals surface area (Å²) >= 11 is 0. The Morgan fingerprint density at radius 2 is 1.27 bits per heavy atom. The Bertz CT molecular complexity index is 402. The molecule has 10 nitrogen and oxygen atoms in total. The van der Waals surface area contributed by atoms with Crippen LogP contribution in [0, 0.1) is 0 Å². The Morgan fingerprint density at radius 1 is 0.864 bits per heavy atom. The predicted molar refractivity (Wildman–Crippen MR) is 52.6 cm³/mol. The van der Waals surface area contributed by atoms with Crippen LogP contribution in [-0.4, -0.2) is 42.0 Å². The summed E-state index contributed by atoms with van der Waals surface area (Å²) < 4.78 is 0. The smallest absolute Gasteiger partial charge is 0.550 e. The van der Waals surface area contributed by atoms with Crippen LogP contribution in [0.3, 0.4) is 0 Å². The molecule has 22 heavy (non-hydrogen) atoms. The summed E-state index contributed by atoms with van der Waals surface area (Å²) in [4.78, 5) is 42.3. The SMILES string of the molecule is NC(CC(=O)[O-])C(CC(=O)[O-])(CC(=O)[O-])NCC(=O)[O-].[Mn+2].[Mn+2]. The quantitative estimate of drug-likeness (QED) is 0.333. The van der Waals surface area contributed by atoms with Crippen LogP contribution >= 0.6 is 0 Å². The first-order chi connectivity index (χ1) is 9.09. The van der Waals surface area contributed by atoms with Crippen LogP contribution in [0.25, 0.3) is 0 Å². The van der Waals surface area contributed by atoms with Crippen molar-refractivity contribution in [3.8, 4) is 0 Å². The van der Waals surface area contributed by atoms with Gasteiger partial charge >= 0.3 is 34.1 Å². The summed E-state index contributed by atoms with van der Waals surface area (Å²) in [6.45, 7) is -0.929. The normalized spacial score (nSPS) is 11.5. The van der Waals surface area contributed by atoms with Gasteiger partial charge in [-0.05, 0) is 0 Å². The van der Waals surface area contributed by atoms with Crippen molar-refractivity contribution in [1.82, 2.24) is 5.32 Å². The Morgan fingerprint density at radius 3 is 1.55 bits per heavy atom. The third kappa shape index (κ3) is 9.72. The zero-order valence-electron chi connectivity index (χ0n) is 11.0. The van der Waals surface area contributed by atoms with E-state index in [0.29, 0.717) is 0 Å². The van der Waals surface area contributed by atoms with Crippen molar-refractivity contribution >= 4 is 23.9 Å². The van der Waals surface area contributed by atoms with Gasteiger partial charge in [-0.2, -0.15) is 0 Å². The molecule has 124 valence electrons. The molecule has 3 N–H and O–H groups in total. The molecule has 0 spiro atoms. The standard InChI is InChI=1S/C10H16N2O8.2Mn/c11-5(1-6(13)14)10(2-7(15)16,3-8(17)18)12-4-9(19)20;;/h5,12H,1-4,11H2,(H,13,14)(H,15,16)(H,17,18)(H,19,20);;/q;2*+2/p-4. The van der Waals surface area contributed by atoms with Crippen molar-refractivity contribution in [3.63, 3.8) is 0 Å². The van der Waals surface area contributed by atoms with Gasteiger partial charge in [-0.3, -0.25) is 0 Å². The Balaban J connectivity index is -0.00000180. The van der Waals surface area contributed by atoms with Gasteiger partial charge in [0, 0.05) is 55.3 Å². The summed E-state index contributed by atoms with van der Waals surface area (Å²) in [5, 5.41) is 44.3. The van der Waals surface area contributed by atoms with E-state index in [1.54, 1.807) is 0 Å². The molecule has 0 aromatic heterocycles. The van der Waals surface area contributed by atoms with Crippen LogP contribution in [0.1, 0.15) is 19.3 Å². The Labute approximate surface area is 146 Å². The molecule has 1 unspecified atom stereocenters. The molecule has 0 heterocycles. The molecule has 0 aliphatic rings. The second-order valence-electron chi connectivity index (χ2n) is 4.16. The molecule has 2 radical (unpaired) electrons. The van der Waals surface area contributed by atoms with Gasteiger partial charge in [-0.15, -0.1) is 0 Å². The number of hydrogen-bond donors (Lipinski definition) is 2. The molecule has 0 saturated heterocycles. The average molecular weight is 398 g/mol. The van der Waals surface area contributed by atoms with Crippen LogP contribution in [0.2, 0.25) is 0 Å². The van der Waals surface area contributed by atoms with Crippen molar-refractivity contribution in [2.45, 2.75) is 30.8 Å². The minimum atomic E-state index is -2.07. The number of carboxylic acids is 4. The maximum atomic E-state index is 10.7. The van der Waals surface area contributed by atoms with Gasteiger partial charge in [-0.1, -0.05) is 0 Å².